The fourth-order valence-corrected chi connectivity index (χ4v) is 9.79. The van der Waals surface area contributed by atoms with E-state index in [1.54, 1.807) is 6.08 Å². The maximum Gasteiger partial charge on any atom is 0.408 e. The minimum Gasteiger partial charge on any atom is -0.494 e. The molecule has 5 aliphatic rings. The van der Waals surface area contributed by atoms with E-state index in [2.05, 4.69) is 15.0 Å². The summed E-state index contributed by atoms with van der Waals surface area (Å²) in [6, 6.07) is 4.34. The number of carboxylic acid groups (broad SMARTS) is 1. The predicted octanol–water partition coefficient (Wildman–Crippen LogP) is 3.17. The molecule has 0 radical (unpaired) electrons. The van der Waals surface area contributed by atoms with E-state index >= 15 is 0 Å². The molecular formula is C38H48FN5O10S. The molecule has 15 nitrogen and oxygen atoms in total. The van der Waals surface area contributed by atoms with Gasteiger partial charge in [0.25, 0.3) is 5.91 Å². The van der Waals surface area contributed by atoms with Crippen LogP contribution in [0.3, 0.4) is 0 Å². The van der Waals surface area contributed by atoms with Gasteiger partial charge in [-0.3, -0.25) is 24.0 Å². The van der Waals surface area contributed by atoms with Gasteiger partial charge in [0, 0.05) is 23.1 Å². The number of pyridine rings is 1. The number of hydrogen-bond acceptors (Lipinski definition) is 10. The molecule has 55 heavy (non-hydrogen) atoms. The van der Waals surface area contributed by atoms with Gasteiger partial charge in [0.1, 0.15) is 40.9 Å². The van der Waals surface area contributed by atoms with Crippen molar-refractivity contribution in [3.05, 3.63) is 42.6 Å². The number of rotatable bonds is 9. The number of nitrogens with zero attached hydrogens (tertiary/aromatic N) is 3. The Morgan fingerprint density at radius 1 is 1.16 bits per heavy atom. The zero-order valence-electron chi connectivity index (χ0n) is 31.1. The number of ether oxygens (including phenoxy) is 3. The summed E-state index contributed by atoms with van der Waals surface area (Å²) in [5.74, 6) is -2.48. The van der Waals surface area contributed by atoms with Gasteiger partial charge in [-0.15, -0.1) is 0 Å². The molecule has 2 aliphatic carbocycles. The fraction of sp³-hybridized carbons (Fsp3) is 0.605. The van der Waals surface area contributed by atoms with Crippen LogP contribution in [0.15, 0.2) is 42.6 Å². The van der Waals surface area contributed by atoms with Gasteiger partial charge in [-0.25, -0.2) is 22.6 Å². The molecule has 3 aliphatic heterocycles. The van der Waals surface area contributed by atoms with Crippen LogP contribution in [0.2, 0.25) is 0 Å². The maximum absolute atomic E-state index is 15.0. The van der Waals surface area contributed by atoms with Crippen molar-refractivity contribution in [1.82, 2.24) is 24.8 Å². The number of alkyl halides is 1. The number of nitrogens with one attached hydrogen (secondary N) is 2. The molecule has 1 aromatic heterocycles. The number of carbonyl (C=O) groups excluding carboxylic acids is 3. The highest BCUT2D eigenvalue weighted by molar-refractivity contribution is 7.91. The van der Waals surface area contributed by atoms with Crippen LogP contribution in [0, 0.1) is 17.8 Å². The molecular weight excluding hydrogens is 738 g/mol. The Balaban J connectivity index is 1.25. The number of sulfonamides is 1. The second kappa shape index (κ2) is 14.9. The third-order valence-corrected chi connectivity index (χ3v) is 14.1. The van der Waals surface area contributed by atoms with Crippen LogP contribution in [-0.4, -0.2) is 120 Å². The lowest BCUT2D eigenvalue weighted by molar-refractivity contribution is -0.149. The van der Waals surface area contributed by atoms with E-state index in [-0.39, 0.29) is 57.2 Å². The van der Waals surface area contributed by atoms with Gasteiger partial charge in [-0.05, 0) is 56.4 Å². The van der Waals surface area contributed by atoms with Crippen LogP contribution in [0.1, 0.15) is 58.8 Å². The summed E-state index contributed by atoms with van der Waals surface area (Å²) in [5, 5.41) is 14.7. The maximum atomic E-state index is 15.0. The molecule has 4 fully saturated rings. The molecule has 0 bridgehead atoms. The van der Waals surface area contributed by atoms with Gasteiger partial charge in [0.05, 0.1) is 39.1 Å². The standard InChI is InChI=1S/C38H48FN5O10S/c1-22-8-4-5-9-24-16-38(24,35(47)42-55(50,51)37(21-39)12-13-37)41-32(45)29-15-26(54-33-28-11-7-6-10-27(28)30(52-3)17-40-33)18-43(29)34(46)31(23(2)14-22)44(36(48)49)25-19-53-20-25/h5-7,9-11,17,22-26,29,31H,4,8,12-16,18-21H2,1-3H3,(H,41,45)(H,42,47)(H,48,49)/b9-5-/t22-,23-,24-,26-,29+,31+,38-/m1/s1. The van der Waals surface area contributed by atoms with Crippen molar-refractivity contribution in [1.29, 1.82) is 0 Å². The summed E-state index contributed by atoms with van der Waals surface area (Å²) in [6.07, 6.45) is 5.12. The molecule has 298 valence electrons. The second-order valence-corrected chi connectivity index (χ2v) is 17.9. The Morgan fingerprint density at radius 3 is 2.53 bits per heavy atom. The van der Waals surface area contributed by atoms with E-state index in [9.17, 15) is 37.1 Å². The van der Waals surface area contributed by atoms with Crippen molar-refractivity contribution >= 4 is 44.6 Å². The largest absolute Gasteiger partial charge is 0.494 e. The number of hydrogen-bond donors (Lipinski definition) is 3. The summed E-state index contributed by atoms with van der Waals surface area (Å²) < 4.78 is 57.9. The normalized spacial score (nSPS) is 31.4. The summed E-state index contributed by atoms with van der Waals surface area (Å²) in [5.41, 5.74) is -1.68. The lowest BCUT2D eigenvalue weighted by atomic mass is 9.86. The highest BCUT2D eigenvalue weighted by Gasteiger charge is 2.64. The summed E-state index contributed by atoms with van der Waals surface area (Å²) in [4.78, 5) is 63.2. The average Bonchev–Trinajstić information content (AvgIpc) is 4.03. The Labute approximate surface area is 319 Å². The van der Waals surface area contributed by atoms with Gasteiger partial charge in [0.15, 0.2) is 0 Å². The summed E-state index contributed by atoms with van der Waals surface area (Å²) >= 11 is 0. The average molecular weight is 786 g/mol. The number of aromatic nitrogens is 1. The molecule has 0 spiro atoms. The minimum absolute atomic E-state index is 0.0435. The number of allylic oxidation sites excluding steroid dienone is 1. The number of benzene rings is 1. The molecule has 2 saturated heterocycles. The van der Waals surface area contributed by atoms with Crippen LogP contribution in [-0.2, 0) is 29.1 Å². The number of amides is 4. The Morgan fingerprint density at radius 2 is 1.89 bits per heavy atom. The monoisotopic (exact) mass is 785 g/mol. The molecule has 17 heteroatoms. The lowest BCUT2D eigenvalue weighted by Gasteiger charge is -2.43. The van der Waals surface area contributed by atoms with E-state index in [1.807, 2.05) is 44.2 Å². The first-order chi connectivity index (χ1) is 26.2. The topological polar surface area (TPSA) is 194 Å². The van der Waals surface area contributed by atoms with Gasteiger partial charge in [0.2, 0.25) is 27.7 Å². The Bertz CT molecular complexity index is 1990. The second-order valence-electron chi connectivity index (χ2n) is 15.8. The first kappa shape index (κ1) is 38.8. The third kappa shape index (κ3) is 7.20. The lowest BCUT2D eigenvalue weighted by Crippen LogP contribution is -2.63. The molecule has 7 rings (SSSR count). The SMILES string of the molecule is COc1cnc(O[C@@H]2C[C@H]3C(=O)N[C@]4(C(=O)NS(=O)(=O)C5(CF)CC5)C[C@H]4/C=C\CC[C@@H](C)C[C@@H](C)[C@H](N(C(=O)O)C4COC4)C(=O)N3C2)c2ccccc12. The van der Waals surface area contributed by atoms with Crippen molar-refractivity contribution in [2.24, 2.45) is 17.8 Å². The summed E-state index contributed by atoms with van der Waals surface area (Å²) in [6.45, 7) is 2.87. The Hall–Kier alpha value is -4.51. The van der Waals surface area contributed by atoms with Crippen molar-refractivity contribution in [2.45, 2.75) is 93.3 Å². The molecule has 2 saturated carbocycles. The summed E-state index contributed by atoms with van der Waals surface area (Å²) in [7, 11) is -2.87. The van der Waals surface area contributed by atoms with Crippen LogP contribution >= 0.6 is 0 Å². The number of methoxy groups -OCH3 is 1. The highest BCUT2D eigenvalue weighted by atomic mass is 32.2. The molecule has 7 atom stereocenters. The van der Waals surface area contributed by atoms with Gasteiger partial charge >= 0.3 is 6.09 Å². The molecule has 0 unspecified atom stereocenters. The van der Waals surface area contributed by atoms with Crippen molar-refractivity contribution in [3.63, 3.8) is 0 Å². The van der Waals surface area contributed by atoms with Crippen LogP contribution in [0.4, 0.5) is 9.18 Å². The van der Waals surface area contributed by atoms with E-state index in [1.165, 1.54) is 18.2 Å². The van der Waals surface area contributed by atoms with Crippen molar-refractivity contribution in [2.75, 3.05) is 33.5 Å². The first-order valence-corrected chi connectivity index (χ1v) is 20.3. The Kier molecular flexibility index (Phi) is 10.5. The molecule has 3 N–H and O–H groups in total. The zero-order chi connectivity index (χ0) is 39.3. The number of fused-ring (bicyclic) bond motifs is 3. The van der Waals surface area contributed by atoms with E-state index < -0.39 is 86.9 Å². The quantitative estimate of drug-likeness (QED) is 0.316. The smallest absolute Gasteiger partial charge is 0.408 e. The van der Waals surface area contributed by atoms with E-state index in [0.29, 0.717) is 30.4 Å². The van der Waals surface area contributed by atoms with Crippen LogP contribution in [0.5, 0.6) is 11.6 Å². The molecule has 2 aromatic rings. The minimum atomic E-state index is -4.40. The number of carbonyl (C=O) groups is 4. The van der Waals surface area contributed by atoms with Crippen molar-refractivity contribution in [3.8, 4) is 11.6 Å². The highest BCUT2D eigenvalue weighted by Crippen LogP contribution is 2.48. The first-order valence-electron chi connectivity index (χ1n) is 18.8. The molecule has 4 heterocycles. The van der Waals surface area contributed by atoms with E-state index in [0.717, 1.165) is 10.3 Å². The third-order valence-electron chi connectivity index (χ3n) is 12.0. The molecule has 4 amide bonds. The predicted molar refractivity (Wildman–Crippen MR) is 196 cm³/mol. The fourth-order valence-electron chi connectivity index (χ4n) is 8.37. The van der Waals surface area contributed by atoms with Crippen molar-refractivity contribution < 1.29 is 51.3 Å². The van der Waals surface area contributed by atoms with Gasteiger partial charge in [-0.1, -0.05) is 44.2 Å². The van der Waals surface area contributed by atoms with Gasteiger partial charge in [-0.2, -0.15) is 0 Å². The van der Waals surface area contributed by atoms with Gasteiger partial charge < -0.3 is 29.5 Å². The number of halogens is 1. The zero-order valence-corrected chi connectivity index (χ0v) is 31.9. The van der Waals surface area contributed by atoms with E-state index in [4.69, 9.17) is 14.2 Å². The van der Waals surface area contributed by atoms with Crippen LogP contribution < -0.4 is 19.5 Å². The molecule has 1 aromatic carbocycles. The van der Waals surface area contributed by atoms with Crippen LogP contribution in [0.25, 0.3) is 10.8 Å².